The first kappa shape index (κ1) is 11.3. The van der Waals surface area contributed by atoms with Crippen molar-refractivity contribution in [3.05, 3.63) is 41.4 Å². The first-order chi connectivity index (χ1) is 7.29. The van der Waals surface area contributed by atoms with Gasteiger partial charge in [-0.25, -0.2) is 0 Å². The van der Waals surface area contributed by atoms with Crippen LogP contribution in [0, 0.1) is 0 Å². The van der Waals surface area contributed by atoms with Crippen LogP contribution in [0.15, 0.2) is 30.3 Å². The van der Waals surface area contributed by atoms with Crippen LogP contribution in [-0.4, -0.2) is 16.8 Å². The number of ketones is 1. The van der Waals surface area contributed by atoms with Crippen LogP contribution in [0.4, 0.5) is 0 Å². The maximum atomic E-state index is 11.6. The molecule has 0 radical (unpaired) electrons. The summed E-state index contributed by atoms with van der Waals surface area (Å²) >= 11 is 0. The van der Waals surface area contributed by atoms with Crippen LogP contribution in [0.25, 0.3) is 5.53 Å². The van der Waals surface area contributed by atoms with Crippen LogP contribution in [0.2, 0.25) is 0 Å². The molecule has 0 spiro atoms. The summed E-state index contributed by atoms with van der Waals surface area (Å²) in [6.07, 6.45) is 2.67. The highest BCUT2D eigenvalue weighted by Crippen LogP contribution is 2.21. The van der Waals surface area contributed by atoms with Gasteiger partial charge in [0.05, 0.1) is 5.92 Å². The molecule has 0 saturated carbocycles. The second-order valence-electron chi connectivity index (χ2n) is 3.40. The fraction of sp³-hybridized carbons (Fsp3) is 0.333. The maximum Gasteiger partial charge on any atom is 0.323 e. The van der Waals surface area contributed by atoms with Crippen LogP contribution in [0.1, 0.15) is 31.2 Å². The molecule has 1 aromatic carbocycles. The molecule has 3 heteroatoms. The van der Waals surface area contributed by atoms with Crippen LogP contribution in [0.3, 0.4) is 0 Å². The minimum Gasteiger partial charge on any atom is -0.361 e. The zero-order valence-electron chi connectivity index (χ0n) is 8.76. The Morgan fingerprint density at radius 3 is 2.67 bits per heavy atom. The number of nitrogens with zero attached hydrogens (tertiary/aromatic N) is 2. The molecule has 0 saturated heterocycles. The van der Waals surface area contributed by atoms with Crippen molar-refractivity contribution in [2.45, 2.75) is 25.7 Å². The van der Waals surface area contributed by atoms with E-state index in [4.69, 9.17) is 5.53 Å². The van der Waals surface area contributed by atoms with E-state index < -0.39 is 0 Å². The van der Waals surface area contributed by atoms with Gasteiger partial charge in [-0.3, -0.25) is 4.79 Å². The first-order valence-corrected chi connectivity index (χ1v) is 5.05. The molecule has 0 aliphatic heterocycles. The smallest absolute Gasteiger partial charge is 0.323 e. The lowest BCUT2D eigenvalue weighted by molar-refractivity contribution is -0.117. The van der Waals surface area contributed by atoms with Crippen LogP contribution >= 0.6 is 0 Å². The molecule has 3 nitrogen and oxygen atoms in total. The molecular formula is C12H14N2O. The number of carbonyl (C=O) groups is 1. The van der Waals surface area contributed by atoms with Gasteiger partial charge in [-0.2, -0.15) is 4.79 Å². The monoisotopic (exact) mass is 202 g/mol. The summed E-state index contributed by atoms with van der Waals surface area (Å²) in [4.78, 5) is 14.4. The number of hydrogen-bond donors (Lipinski definition) is 0. The molecule has 0 amide bonds. The van der Waals surface area contributed by atoms with E-state index in [1.807, 2.05) is 37.3 Å². The predicted octanol–water partition coefficient (Wildman–Crippen LogP) is 2.44. The number of Topliss-reactive ketones (excluding diaryl/α,β-unsaturated/α-hetero) is 1. The van der Waals surface area contributed by atoms with Gasteiger partial charge < -0.3 is 5.53 Å². The van der Waals surface area contributed by atoms with Crippen molar-refractivity contribution in [3.63, 3.8) is 0 Å². The van der Waals surface area contributed by atoms with Gasteiger partial charge in [0.25, 0.3) is 0 Å². The summed E-state index contributed by atoms with van der Waals surface area (Å²) in [6.45, 7) is 2.03. The highest BCUT2D eigenvalue weighted by atomic mass is 16.1. The number of rotatable bonds is 5. The first-order valence-electron chi connectivity index (χ1n) is 5.05. The molecule has 1 aromatic rings. The number of benzene rings is 1. The van der Waals surface area contributed by atoms with Gasteiger partial charge in [-0.1, -0.05) is 43.7 Å². The Balaban J connectivity index is 2.92. The van der Waals surface area contributed by atoms with Crippen molar-refractivity contribution < 1.29 is 9.58 Å². The summed E-state index contributed by atoms with van der Waals surface area (Å²) in [5.74, 6) is -0.336. The lowest BCUT2D eigenvalue weighted by atomic mass is 9.91. The third-order valence-corrected chi connectivity index (χ3v) is 2.31. The molecule has 1 rings (SSSR count). The van der Waals surface area contributed by atoms with E-state index in [0.717, 1.165) is 24.6 Å². The van der Waals surface area contributed by atoms with E-state index in [9.17, 15) is 4.79 Å². The minimum absolute atomic E-state index is 0.148. The third kappa shape index (κ3) is 3.15. The molecule has 15 heavy (non-hydrogen) atoms. The Labute approximate surface area is 89.4 Å². The molecule has 0 fully saturated rings. The van der Waals surface area contributed by atoms with Crippen molar-refractivity contribution in [1.29, 1.82) is 0 Å². The van der Waals surface area contributed by atoms with Crippen LogP contribution < -0.4 is 0 Å². The second-order valence-corrected chi connectivity index (χ2v) is 3.40. The molecule has 0 unspecified atom stereocenters. The summed E-state index contributed by atoms with van der Waals surface area (Å²) in [6, 6.07) is 9.56. The Kier molecular flexibility index (Phi) is 4.45. The second kappa shape index (κ2) is 5.89. The van der Waals surface area contributed by atoms with Crippen molar-refractivity contribution in [2.24, 2.45) is 0 Å². The summed E-state index contributed by atoms with van der Waals surface area (Å²) in [7, 11) is 0. The summed E-state index contributed by atoms with van der Waals surface area (Å²) < 4.78 is 0. The van der Waals surface area contributed by atoms with Crippen molar-refractivity contribution in [3.8, 4) is 0 Å². The number of carbonyl (C=O) groups excluding carboxylic acids is 1. The lowest BCUT2D eigenvalue weighted by Gasteiger charge is -2.10. The van der Waals surface area contributed by atoms with Gasteiger partial charge >= 0.3 is 6.21 Å². The summed E-state index contributed by atoms with van der Waals surface area (Å²) in [5, 5.41) is 0. The Hall–Kier alpha value is -1.73. The van der Waals surface area contributed by atoms with E-state index in [0.29, 0.717) is 0 Å². The van der Waals surface area contributed by atoms with E-state index in [1.165, 1.54) is 0 Å². The van der Waals surface area contributed by atoms with Gasteiger partial charge in [-0.05, 0) is 12.0 Å². The molecule has 0 aromatic heterocycles. The minimum atomic E-state index is -0.188. The van der Waals surface area contributed by atoms with E-state index in [2.05, 4.69) is 4.79 Å². The molecular weight excluding hydrogens is 188 g/mol. The highest BCUT2D eigenvalue weighted by Gasteiger charge is 2.20. The Morgan fingerprint density at radius 1 is 1.47 bits per heavy atom. The topological polar surface area (TPSA) is 53.5 Å². The maximum absolute atomic E-state index is 11.6. The fourth-order valence-electron chi connectivity index (χ4n) is 1.59. The third-order valence-electron chi connectivity index (χ3n) is 2.31. The molecule has 0 aliphatic rings. The molecule has 0 heterocycles. The summed E-state index contributed by atoms with van der Waals surface area (Å²) in [5.41, 5.74) is 9.33. The standard InChI is InChI=1S/C12H14N2O/c1-2-6-11(12(15)9-14-13)10-7-4-3-5-8-10/h3-5,7-9,11H,2,6H2,1H3/t11-/m0/s1. The molecule has 1 atom stereocenters. The largest absolute Gasteiger partial charge is 0.361 e. The molecule has 0 bridgehead atoms. The van der Waals surface area contributed by atoms with Gasteiger partial charge in [0.2, 0.25) is 5.78 Å². The van der Waals surface area contributed by atoms with Crippen molar-refractivity contribution in [2.75, 3.05) is 0 Å². The fourth-order valence-corrected chi connectivity index (χ4v) is 1.59. The normalized spacial score (nSPS) is 11.5. The molecule has 0 aliphatic carbocycles. The number of hydrogen-bond acceptors (Lipinski definition) is 1. The van der Waals surface area contributed by atoms with Gasteiger partial charge in [0.15, 0.2) is 0 Å². The highest BCUT2D eigenvalue weighted by molar-refractivity contribution is 6.27. The van der Waals surface area contributed by atoms with Gasteiger partial charge in [-0.15, -0.1) is 0 Å². The van der Waals surface area contributed by atoms with Gasteiger partial charge in [0.1, 0.15) is 0 Å². The quantitative estimate of drug-likeness (QED) is 0.411. The van der Waals surface area contributed by atoms with E-state index in [-0.39, 0.29) is 11.7 Å². The lowest BCUT2D eigenvalue weighted by Crippen LogP contribution is -2.13. The van der Waals surface area contributed by atoms with E-state index in [1.54, 1.807) is 0 Å². The average molecular weight is 202 g/mol. The average Bonchev–Trinajstić information content (AvgIpc) is 2.27. The zero-order chi connectivity index (χ0) is 11.1. The SMILES string of the molecule is CCC[C@H](C(=O)C=[N+]=[N-])c1ccccc1. The van der Waals surface area contributed by atoms with Crippen molar-refractivity contribution >= 4 is 12.0 Å². The molecule has 78 valence electrons. The predicted molar refractivity (Wildman–Crippen MR) is 58.8 cm³/mol. The zero-order valence-corrected chi connectivity index (χ0v) is 8.76. The Morgan fingerprint density at radius 2 is 2.13 bits per heavy atom. The Bertz CT molecular complexity index is 366. The van der Waals surface area contributed by atoms with Gasteiger partial charge in [0, 0.05) is 0 Å². The van der Waals surface area contributed by atoms with Crippen LogP contribution in [-0.2, 0) is 4.79 Å². The van der Waals surface area contributed by atoms with Crippen LogP contribution in [0.5, 0.6) is 0 Å². The molecule has 0 N–H and O–H groups in total. The van der Waals surface area contributed by atoms with E-state index >= 15 is 0 Å². The van der Waals surface area contributed by atoms with Crippen molar-refractivity contribution in [1.82, 2.24) is 0 Å².